The summed E-state index contributed by atoms with van der Waals surface area (Å²) >= 11 is 0. The van der Waals surface area contributed by atoms with Crippen molar-refractivity contribution in [2.24, 2.45) is 5.92 Å². The van der Waals surface area contributed by atoms with Gasteiger partial charge in [0, 0.05) is 37.7 Å². The molecule has 2 fully saturated rings. The van der Waals surface area contributed by atoms with Gasteiger partial charge in [-0.25, -0.2) is 4.79 Å². The average Bonchev–Trinajstić information content (AvgIpc) is 3.38. The van der Waals surface area contributed by atoms with Crippen molar-refractivity contribution >= 4 is 17.9 Å². The second-order valence-corrected chi connectivity index (χ2v) is 9.28. The molecule has 1 saturated carbocycles. The van der Waals surface area contributed by atoms with Gasteiger partial charge < -0.3 is 25.4 Å². The Labute approximate surface area is 205 Å². The minimum atomic E-state index is -0.730. The summed E-state index contributed by atoms with van der Waals surface area (Å²) < 4.78 is 5.95. The Morgan fingerprint density at radius 2 is 1.57 bits per heavy atom. The standard InChI is InChI=1S/C27H33N3O5/c31-25(20-6-10-23(11-7-20)35-24-12-8-21(9-13-24)26(32)33)28-15-16-29-27(34)30-17-14-22(18-30)19-4-2-1-3-5-19/h1-7,10-11,21-22,24H,8-9,12-18H2,(H,28,31)(H,29,34)(H,32,33)/t21-,22-,24+/m0/s1. The third kappa shape index (κ3) is 6.74. The Balaban J connectivity index is 1.14. The molecule has 2 aliphatic rings. The summed E-state index contributed by atoms with van der Waals surface area (Å²) in [5.74, 6) is -0.170. The van der Waals surface area contributed by atoms with Gasteiger partial charge >= 0.3 is 12.0 Å². The van der Waals surface area contributed by atoms with E-state index in [1.54, 1.807) is 24.3 Å². The van der Waals surface area contributed by atoms with Crippen LogP contribution in [-0.4, -0.2) is 60.2 Å². The van der Waals surface area contributed by atoms with Crippen LogP contribution in [0.5, 0.6) is 5.75 Å². The SMILES string of the molecule is O=C(NCCNC(=O)N1CC[C@H](c2ccccc2)C1)c1ccc(O[C@H]2CC[C@@H](C(=O)O)CC2)cc1. The fraction of sp³-hybridized carbons (Fsp3) is 0.444. The van der Waals surface area contributed by atoms with E-state index in [0.29, 0.717) is 49.7 Å². The van der Waals surface area contributed by atoms with Crippen LogP contribution in [0, 0.1) is 5.92 Å². The van der Waals surface area contributed by atoms with Gasteiger partial charge in [0.25, 0.3) is 5.91 Å². The largest absolute Gasteiger partial charge is 0.490 e. The minimum Gasteiger partial charge on any atom is -0.490 e. The highest BCUT2D eigenvalue weighted by Gasteiger charge is 2.28. The summed E-state index contributed by atoms with van der Waals surface area (Å²) in [6, 6.07) is 17.1. The van der Waals surface area contributed by atoms with Crippen LogP contribution in [0.1, 0.15) is 53.9 Å². The van der Waals surface area contributed by atoms with Gasteiger partial charge in [-0.1, -0.05) is 30.3 Å². The number of benzene rings is 2. The number of hydrogen-bond donors (Lipinski definition) is 3. The zero-order chi connectivity index (χ0) is 24.6. The number of carboxylic acids is 1. The first-order chi connectivity index (χ1) is 17.0. The smallest absolute Gasteiger partial charge is 0.317 e. The van der Waals surface area contributed by atoms with Crippen LogP contribution in [-0.2, 0) is 4.79 Å². The fourth-order valence-corrected chi connectivity index (χ4v) is 4.81. The van der Waals surface area contributed by atoms with Crippen molar-refractivity contribution < 1.29 is 24.2 Å². The molecule has 1 atom stereocenters. The van der Waals surface area contributed by atoms with Gasteiger partial charge in [-0.3, -0.25) is 9.59 Å². The number of carbonyl (C=O) groups excluding carboxylic acids is 2. The highest BCUT2D eigenvalue weighted by molar-refractivity contribution is 5.94. The average molecular weight is 480 g/mol. The molecule has 3 amide bonds. The lowest BCUT2D eigenvalue weighted by atomic mass is 9.87. The summed E-state index contributed by atoms with van der Waals surface area (Å²) in [7, 11) is 0. The molecule has 1 aliphatic carbocycles. The van der Waals surface area contributed by atoms with Crippen molar-refractivity contribution in [2.75, 3.05) is 26.2 Å². The molecule has 8 heteroatoms. The second kappa shape index (κ2) is 11.7. The molecule has 2 aromatic rings. The molecular weight excluding hydrogens is 446 g/mol. The van der Waals surface area contributed by atoms with E-state index < -0.39 is 5.97 Å². The Bertz CT molecular complexity index is 1000. The summed E-state index contributed by atoms with van der Waals surface area (Å²) in [4.78, 5) is 37.8. The number of carbonyl (C=O) groups is 3. The molecule has 0 bridgehead atoms. The van der Waals surface area contributed by atoms with E-state index in [0.717, 1.165) is 25.8 Å². The number of carboxylic acid groups (broad SMARTS) is 1. The minimum absolute atomic E-state index is 0.00691. The normalized spacial score (nSPS) is 21.8. The highest BCUT2D eigenvalue weighted by atomic mass is 16.5. The number of nitrogens with zero attached hydrogens (tertiary/aromatic N) is 1. The van der Waals surface area contributed by atoms with Gasteiger partial charge in [0.1, 0.15) is 5.75 Å². The lowest BCUT2D eigenvalue weighted by molar-refractivity contribution is -0.143. The lowest BCUT2D eigenvalue weighted by Crippen LogP contribution is -2.42. The quantitative estimate of drug-likeness (QED) is 0.501. The van der Waals surface area contributed by atoms with Gasteiger partial charge in [-0.15, -0.1) is 0 Å². The van der Waals surface area contributed by atoms with E-state index >= 15 is 0 Å². The maximum absolute atomic E-state index is 12.4. The highest BCUT2D eigenvalue weighted by Crippen LogP contribution is 2.28. The van der Waals surface area contributed by atoms with Crippen LogP contribution in [0.3, 0.4) is 0 Å². The first-order valence-electron chi connectivity index (χ1n) is 12.3. The van der Waals surface area contributed by atoms with Crippen LogP contribution in [0.15, 0.2) is 54.6 Å². The third-order valence-electron chi connectivity index (χ3n) is 6.88. The van der Waals surface area contributed by atoms with E-state index in [1.165, 1.54) is 5.56 Å². The molecule has 0 aromatic heterocycles. The van der Waals surface area contributed by atoms with Crippen LogP contribution in [0.25, 0.3) is 0 Å². The summed E-state index contributed by atoms with van der Waals surface area (Å²) in [6.45, 7) is 2.13. The number of urea groups is 1. The van der Waals surface area contributed by atoms with Crippen molar-refractivity contribution in [1.82, 2.24) is 15.5 Å². The molecule has 8 nitrogen and oxygen atoms in total. The summed E-state index contributed by atoms with van der Waals surface area (Å²) in [5, 5.41) is 14.8. The molecule has 1 aliphatic heterocycles. The number of amides is 3. The first-order valence-corrected chi connectivity index (χ1v) is 12.3. The predicted octanol–water partition coefficient (Wildman–Crippen LogP) is 3.64. The Kier molecular flexibility index (Phi) is 8.23. The van der Waals surface area contributed by atoms with E-state index in [2.05, 4.69) is 22.8 Å². The second-order valence-electron chi connectivity index (χ2n) is 9.28. The monoisotopic (exact) mass is 479 g/mol. The molecule has 4 rings (SSSR count). The number of aliphatic carboxylic acids is 1. The van der Waals surface area contributed by atoms with Gasteiger partial charge in [-0.05, 0) is 61.9 Å². The van der Waals surface area contributed by atoms with E-state index in [4.69, 9.17) is 9.84 Å². The maximum atomic E-state index is 12.4. The zero-order valence-corrected chi connectivity index (χ0v) is 19.8. The molecular formula is C27H33N3O5. The number of likely N-dealkylation sites (tertiary alicyclic amines) is 1. The molecule has 1 heterocycles. The Morgan fingerprint density at radius 1 is 0.886 bits per heavy atom. The third-order valence-corrected chi connectivity index (χ3v) is 6.88. The Morgan fingerprint density at radius 3 is 2.26 bits per heavy atom. The molecule has 1 saturated heterocycles. The molecule has 2 aromatic carbocycles. The Hall–Kier alpha value is -3.55. The predicted molar refractivity (Wildman–Crippen MR) is 132 cm³/mol. The van der Waals surface area contributed by atoms with Gasteiger partial charge in [0.2, 0.25) is 0 Å². The number of rotatable bonds is 8. The molecule has 0 unspecified atom stereocenters. The number of nitrogens with one attached hydrogen (secondary N) is 2. The van der Waals surface area contributed by atoms with E-state index in [9.17, 15) is 14.4 Å². The number of hydrogen-bond acceptors (Lipinski definition) is 4. The molecule has 3 N–H and O–H groups in total. The van der Waals surface area contributed by atoms with E-state index in [-0.39, 0.29) is 24.0 Å². The van der Waals surface area contributed by atoms with Crippen LogP contribution in [0.2, 0.25) is 0 Å². The summed E-state index contributed by atoms with van der Waals surface area (Å²) in [6.07, 6.45) is 3.65. The van der Waals surface area contributed by atoms with Gasteiger partial charge in [0.15, 0.2) is 0 Å². The molecule has 0 radical (unpaired) electrons. The van der Waals surface area contributed by atoms with Crippen LogP contribution < -0.4 is 15.4 Å². The van der Waals surface area contributed by atoms with Crippen LogP contribution in [0.4, 0.5) is 4.79 Å². The molecule has 186 valence electrons. The van der Waals surface area contributed by atoms with Crippen molar-refractivity contribution in [3.05, 3.63) is 65.7 Å². The van der Waals surface area contributed by atoms with E-state index in [1.807, 2.05) is 23.1 Å². The van der Waals surface area contributed by atoms with Gasteiger partial charge in [0.05, 0.1) is 12.0 Å². The number of ether oxygens (including phenoxy) is 1. The fourth-order valence-electron chi connectivity index (χ4n) is 4.81. The van der Waals surface area contributed by atoms with Crippen molar-refractivity contribution in [2.45, 2.75) is 44.1 Å². The maximum Gasteiger partial charge on any atom is 0.317 e. The van der Waals surface area contributed by atoms with Crippen molar-refractivity contribution in [3.8, 4) is 5.75 Å². The zero-order valence-electron chi connectivity index (χ0n) is 19.8. The first kappa shape index (κ1) is 24.6. The van der Waals surface area contributed by atoms with Crippen molar-refractivity contribution in [3.63, 3.8) is 0 Å². The molecule has 35 heavy (non-hydrogen) atoms. The topological polar surface area (TPSA) is 108 Å². The van der Waals surface area contributed by atoms with Gasteiger partial charge in [-0.2, -0.15) is 0 Å². The summed E-state index contributed by atoms with van der Waals surface area (Å²) in [5.41, 5.74) is 1.78. The molecule has 0 spiro atoms. The van der Waals surface area contributed by atoms with Crippen LogP contribution >= 0.6 is 0 Å². The van der Waals surface area contributed by atoms with Crippen molar-refractivity contribution in [1.29, 1.82) is 0 Å². The lowest BCUT2D eigenvalue weighted by Gasteiger charge is -2.26.